The maximum Gasteiger partial charge on any atom is 0.242 e. The van der Waals surface area contributed by atoms with Gasteiger partial charge in [0.1, 0.15) is 5.82 Å². The standard InChI is InChI=1S/C16H15N3.C10H11NO.C7H10N2.ClH/c1-12-8-6-7-11-15(12)19-13(2)17-16(18-19)14-9-4-3-5-10-14;1-8(11-9(2)12)10-6-4-3-5-7-10;1-6-4-2-3-5-7(6)9-8;/h3-11H,1-2H3;3-7H,1-2H3;2-5,9H,8H2,1H3;1H. The fourth-order valence-corrected chi connectivity index (χ4v) is 3.84. The number of carbonyl (C=O) groups excluding carboxylic acids is 1. The van der Waals surface area contributed by atoms with Crippen molar-refractivity contribution in [2.75, 3.05) is 5.43 Å². The van der Waals surface area contributed by atoms with Crippen molar-refractivity contribution < 1.29 is 4.79 Å². The van der Waals surface area contributed by atoms with Crippen LogP contribution in [0.3, 0.4) is 0 Å². The second-order valence-electron chi connectivity index (χ2n) is 9.09. The number of halogens is 1. The Labute approximate surface area is 248 Å². The Morgan fingerprint density at radius 3 is 1.83 bits per heavy atom. The van der Waals surface area contributed by atoms with Crippen LogP contribution in [-0.4, -0.2) is 26.4 Å². The summed E-state index contributed by atoms with van der Waals surface area (Å²) in [5.41, 5.74) is 9.81. The van der Waals surface area contributed by atoms with Gasteiger partial charge in [-0.3, -0.25) is 10.6 Å². The minimum atomic E-state index is -0.156. The van der Waals surface area contributed by atoms with E-state index in [9.17, 15) is 4.79 Å². The van der Waals surface area contributed by atoms with Gasteiger partial charge in [0.05, 0.1) is 11.4 Å². The molecule has 0 fully saturated rings. The fraction of sp³-hybridized carbons (Fsp3) is 0.152. The summed E-state index contributed by atoms with van der Waals surface area (Å²) in [5, 5.41) is 4.62. The zero-order chi connectivity index (χ0) is 28.9. The number of hydrazine groups is 1. The third-order valence-electron chi connectivity index (χ3n) is 5.96. The second-order valence-corrected chi connectivity index (χ2v) is 9.09. The van der Waals surface area contributed by atoms with Crippen LogP contribution in [0.1, 0.15) is 36.4 Å². The third kappa shape index (κ3) is 9.83. The number of rotatable bonds is 4. The van der Waals surface area contributed by atoms with Gasteiger partial charge in [-0.2, -0.15) is 0 Å². The lowest BCUT2D eigenvalue weighted by atomic mass is 10.1. The molecule has 0 aliphatic heterocycles. The number of nitrogen functional groups attached to an aromatic ring is 1. The Hall–Kier alpha value is -4.59. The predicted molar refractivity (Wildman–Crippen MR) is 172 cm³/mol. The summed E-state index contributed by atoms with van der Waals surface area (Å²) < 4.78 is 1.90. The topological polar surface area (TPSA) is 98.2 Å². The average Bonchev–Trinajstić information content (AvgIpc) is 3.36. The van der Waals surface area contributed by atoms with E-state index < -0.39 is 0 Å². The maximum atomic E-state index is 10.6. The second kappa shape index (κ2) is 16.5. The number of para-hydroxylation sites is 2. The summed E-state index contributed by atoms with van der Waals surface area (Å²) in [6.07, 6.45) is 0. The minimum absolute atomic E-state index is 0. The number of nitrogens with one attached hydrogen (secondary N) is 1. The molecule has 5 rings (SSSR count). The lowest BCUT2D eigenvalue weighted by molar-refractivity contribution is -0.115. The summed E-state index contributed by atoms with van der Waals surface area (Å²) in [4.78, 5) is 19.0. The van der Waals surface area contributed by atoms with E-state index in [0.717, 1.165) is 39.9 Å². The van der Waals surface area contributed by atoms with Crippen molar-refractivity contribution in [2.45, 2.75) is 34.6 Å². The number of aliphatic imine (C=N–C) groups is 1. The lowest BCUT2D eigenvalue weighted by Crippen LogP contribution is -2.07. The van der Waals surface area contributed by atoms with Gasteiger partial charge in [0.2, 0.25) is 5.91 Å². The van der Waals surface area contributed by atoms with E-state index in [4.69, 9.17) is 5.84 Å². The van der Waals surface area contributed by atoms with Crippen LogP contribution in [0.15, 0.2) is 114 Å². The van der Waals surface area contributed by atoms with E-state index in [1.54, 1.807) is 0 Å². The Kier molecular flexibility index (Phi) is 13.1. The molecule has 0 aliphatic carbocycles. The Bertz CT molecular complexity index is 1550. The molecule has 3 N–H and O–H groups in total. The van der Waals surface area contributed by atoms with Crippen molar-refractivity contribution in [3.63, 3.8) is 0 Å². The summed E-state index contributed by atoms with van der Waals surface area (Å²) in [5.74, 6) is 6.71. The van der Waals surface area contributed by atoms with Crippen molar-refractivity contribution in [2.24, 2.45) is 10.8 Å². The normalized spacial score (nSPS) is 10.2. The first kappa shape index (κ1) is 32.6. The average molecular weight is 569 g/mol. The molecule has 0 spiro atoms. The summed E-state index contributed by atoms with van der Waals surface area (Å²) >= 11 is 0. The van der Waals surface area contributed by atoms with Crippen LogP contribution in [0, 0.1) is 20.8 Å². The fourth-order valence-electron chi connectivity index (χ4n) is 3.84. The number of nitrogens with two attached hydrogens (primary N) is 1. The SMILES string of the molecule is CC(=O)N=C(C)c1ccccc1.Cc1ccccc1-n1nc(-c2ccccc2)nc1C.Cc1ccccc1NN.Cl. The molecular weight excluding hydrogens is 532 g/mol. The van der Waals surface area contributed by atoms with Crippen molar-refractivity contribution in [1.29, 1.82) is 0 Å². The first-order valence-electron chi connectivity index (χ1n) is 13.0. The minimum Gasteiger partial charge on any atom is -0.324 e. The van der Waals surface area contributed by atoms with Gasteiger partial charge >= 0.3 is 0 Å². The van der Waals surface area contributed by atoms with E-state index in [1.165, 1.54) is 18.1 Å². The van der Waals surface area contributed by atoms with Gasteiger partial charge in [0, 0.05) is 18.2 Å². The molecule has 1 heterocycles. The number of aromatic nitrogens is 3. The Balaban J connectivity index is 0.000000231. The van der Waals surface area contributed by atoms with Crippen molar-refractivity contribution in [1.82, 2.24) is 14.8 Å². The number of benzene rings is 4. The molecule has 0 radical (unpaired) electrons. The van der Waals surface area contributed by atoms with E-state index in [-0.39, 0.29) is 18.3 Å². The Morgan fingerprint density at radius 2 is 1.29 bits per heavy atom. The predicted octanol–water partition coefficient (Wildman–Crippen LogP) is 7.30. The molecule has 4 aromatic carbocycles. The molecule has 0 saturated heterocycles. The molecule has 1 aromatic heterocycles. The molecule has 5 aromatic rings. The van der Waals surface area contributed by atoms with Crippen LogP contribution < -0.4 is 11.3 Å². The van der Waals surface area contributed by atoms with Crippen LogP contribution in [0.5, 0.6) is 0 Å². The number of amides is 1. The molecular formula is C33H37ClN6O. The van der Waals surface area contributed by atoms with Crippen molar-refractivity contribution >= 4 is 29.7 Å². The van der Waals surface area contributed by atoms with Crippen LogP contribution in [0.2, 0.25) is 0 Å². The smallest absolute Gasteiger partial charge is 0.242 e. The van der Waals surface area contributed by atoms with Gasteiger partial charge in [-0.15, -0.1) is 17.5 Å². The first-order valence-corrected chi connectivity index (χ1v) is 13.0. The third-order valence-corrected chi connectivity index (χ3v) is 5.96. The van der Waals surface area contributed by atoms with Gasteiger partial charge < -0.3 is 5.43 Å². The van der Waals surface area contributed by atoms with E-state index in [2.05, 4.69) is 39.6 Å². The largest absolute Gasteiger partial charge is 0.324 e. The quantitative estimate of drug-likeness (QED) is 0.135. The molecule has 8 heteroatoms. The molecule has 0 aliphatic rings. The van der Waals surface area contributed by atoms with E-state index in [0.29, 0.717) is 0 Å². The van der Waals surface area contributed by atoms with Gasteiger partial charge in [0.25, 0.3) is 0 Å². The van der Waals surface area contributed by atoms with Gasteiger partial charge in [0.15, 0.2) is 5.82 Å². The summed E-state index contributed by atoms with van der Waals surface area (Å²) in [6, 6.07) is 35.8. The van der Waals surface area contributed by atoms with Gasteiger partial charge in [-0.1, -0.05) is 97.1 Å². The molecule has 212 valence electrons. The number of carbonyl (C=O) groups is 1. The molecule has 0 atom stereocenters. The van der Waals surface area contributed by atoms with Crippen molar-refractivity contribution in [3.05, 3.63) is 132 Å². The summed E-state index contributed by atoms with van der Waals surface area (Å²) in [6.45, 7) is 9.35. The lowest BCUT2D eigenvalue weighted by Gasteiger charge is -2.05. The molecule has 0 unspecified atom stereocenters. The highest BCUT2D eigenvalue weighted by molar-refractivity contribution is 6.04. The first-order chi connectivity index (χ1) is 19.3. The molecule has 0 saturated carbocycles. The van der Waals surface area contributed by atoms with Crippen LogP contribution in [-0.2, 0) is 4.79 Å². The Morgan fingerprint density at radius 1 is 0.756 bits per heavy atom. The highest BCUT2D eigenvalue weighted by Gasteiger charge is 2.10. The number of hydrogen-bond acceptors (Lipinski definition) is 5. The molecule has 41 heavy (non-hydrogen) atoms. The van der Waals surface area contributed by atoms with Gasteiger partial charge in [-0.05, 0) is 56.5 Å². The molecule has 0 bridgehead atoms. The van der Waals surface area contributed by atoms with Crippen LogP contribution >= 0.6 is 12.4 Å². The van der Waals surface area contributed by atoms with Crippen LogP contribution in [0.25, 0.3) is 17.1 Å². The summed E-state index contributed by atoms with van der Waals surface area (Å²) in [7, 11) is 0. The van der Waals surface area contributed by atoms with E-state index >= 15 is 0 Å². The highest BCUT2D eigenvalue weighted by atomic mass is 35.5. The monoisotopic (exact) mass is 568 g/mol. The maximum absolute atomic E-state index is 10.6. The highest BCUT2D eigenvalue weighted by Crippen LogP contribution is 2.19. The number of nitrogens with zero attached hydrogens (tertiary/aromatic N) is 4. The zero-order valence-corrected chi connectivity index (χ0v) is 24.9. The number of hydrogen-bond donors (Lipinski definition) is 2. The molecule has 1 amide bonds. The van der Waals surface area contributed by atoms with E-state index in [1.807, 2.05) is 123 Å². The molecule has 7 nitrogen and oxygen atoms in total. The van der Waals surface area contributed by atoms with Crippen LogP contribution in [0.4, 0.5) is 5.69 Å². The van der Waals surface area contributed by atoms with Gasteiger partial charge in [-0.25, -0.2) is 14.7 Å². The number of aryl methyl sites for hydroxylation is 3. The zero-order valence-electron chi connectivity index (χ0n) is 24.1. The number of anilines is 1. The van der Waals surface area contributed by atoms with Crippen molar-refractivity contribution in [3.8, 4) is 17.1 Å².